The van der Waals surface area contributed by atoms with E-state index in [1.807, 2.05) is 29.2 Å². The van der Waals surface area contributed by atoms with Crippen LogP contribution in [0.15, 0.2) is 24.3 Å². The zero-order valence-corrected chi connectivity index (χ0v) is 15.4. The number of rotatable bonds is 6. The quantitative estimate of drug-likeness (QED) is 0.830. The van der Waals surface area contributed by atoms with E-state index in [2.05, 4.69) is 17.6 Å². The molecule has 0 aromatic heterocycles. The summed E-state index contributed by atoms with van der Waals surface area (Å²) < 4.78 is 5.11. The largest absolute Gasteiger partial charge is 0.380 e. The van der Waals surface area contributed by atoms with E-state index in [1.54, 1.807) is 14.0 Å². The molecule has 2 unspecified atom stereocenters. The van der Waals surface area contributed by atoms with Crippen molar-refractivity contribution < 1.29 is 14.3 Å². The third kappa shape index (κ3) is 5.74. The number of carbonyl (C=O) groups is 2. The fraction of sp³-hybridized carbons (Fsp3) is 0.579. The first-order valence-electron chi connectivity index (χ1n) is 8.93. The van der Waals surface area contributed by atoms with Gasteiger partial charge in [-0.05, 0) is 44.2 Å². The van der Waals surface area contributed by atoms with Gasteiger partial charge in [0, 0.05) is 26.2 Å². The van der Waals surface area contributed by atoms with E-state index >= 15 is 0 Å². The summed E-state index contributed by atoms with van der Waals surface area (Å²) in [5.41, 5.74) is 2.05. The van der Waals surface area contributed by atoms with E-state index in [1.165, 1.54) is 0 Å². The highest BCUT2D eigenvalue weighted by Crippen LogP contribution is 2.17. The average Bonchev–Trinajstić information content (AvgIpc) is 2.60. The van der Waals surface area contributed by atoms with E-state index in [4.69, 9.17) is 4.74 Å². The van der Waals surface area contributed by atoms with Crippen LogP contribution in [0.4, 0.5) is 4.79 Å². The van der Waals surface area contributed by atoms with Crippen molar-refractivity contribution in [3.05, 3.63) is 35.4 Å². The lowest BCUT2D eigenvalue weighted by Crippen LogP contribution is -2.53. The highest BCUT2D eigenvalue weighted by atomic mass is 16.5. The Morgan fingerprint density at radius 1 is 1.32 bits per heavy atom. The van der Waals surface area contributed by atoms with E-state index in [0.29, 0.717) is 13.2 Å². The normalized spacial score (nSPS) is 18.5. The maximum Gasteiger partial charge on any atom is 0.315 e. The van der Waals surface area contributed by atoms with Crippen LogP contribution in [0.25, 0.3) is 0 Å². The van der Waals surface area contributed by atoms with Crippen molar-refractivity contribution in [3.8, 4) is 0 Å². The molecule has 2 rings (SSSR count). The van der Waals surface area contributed by atoms with Gasteiger partial charge in [-0.3, -0.25) is 4.79 Å². The summed E-state index contributed by atoms with van der Waals surface area (Å²) in [4.78, 5) is 26.5. The van der Waals surface area contributed by atoms with Crippen molar-refractivity contribution in [3.63, 3.8) is 0 Å². The number of ether oxygens (including phenoxy) is 1. The first kappa shape index (κ1) is 19.2. The molecule has 0 saturated carbocycles. The van der Waals surface area contributed by atoms with Gasteiger partial charge in [0.2, 0.25) is 5.91 Å². The van der Waals surface area contributed by atoms with Crippen LogP contribution in [0, 0.1) is 0 Å². The smallest absolute Gasteiger partial charge is 0.315 e. The summed E-state index contributed by atoms with van der Waals surface area (Å²) in [6.45, 7) is 5.53. The Balaban J connectivity index is 1.81. The van der Waals surface area contributed by atoms with Crippen molar-refractivity contribution in [2.75, 3.05) is 13.7 Å². The number of urea groups is 1. The lowest BCUT2D eigenvalue weighted by Gasteiger charge is -2.35. The van der Waals surface area contributed by atoms with Crippen LogP contribution < -0.4 is 10.6 Å². The fourth-order valence-electron chi connectivity index (χ4n) is 3.16. The van der Waals surface area contributed by atoms with Crippen molar-refractivity contribution in [2.45, 2.75) is 58.3 Å². The highest BCUT2D eigenvalue weighted by Gasteiger charge is 2.27. The summed E-state index contributed by atoms with van der Waals surface area (Å²) in [7, 11) is 1.65. The van der Waals surface area contributed by atoms with Gasteiger partial charge in [-0.2, -0.15) is 0 Å². The lowest BCUT2D eigenvalue weighted by atomic mass is 10.0. The molecule has 1 aliphatic heterocycles. The number of carbonyl (C=O) groups excluding carboxylic acids is 2. The topological polar surface area (TPSA) is 70.7 Å². The second kappa shape index (κ2) is 9.42. The zero-order chi connectivity index (χ0) is 18.2. The Labute approximate surface area is 149 Å². The van der Waals surface area contributed by atoms with E-state index in [9.17, 15) is 9.59 Å². The molecule has 2 atom stereocenters. The molecule has 0 spiro atoms. The second-order valence-corrected chi connectivity index (χ2v) is 6.68. The van der Waals surface area contributed by atoms with Gasteiger partial charge < -0.3 is 20.3 Å². The van der Waals surface area contributed by atoms with Crippen LogP contribution >= 0.6 is 0 Å². The van der Waals surface area contributed by atoms with Gasteiger partial charge in [0.1, 0.15) is 6.04 Å². The molecule has 1 fully saturated rings. The van der Waals surface area contributed by atoms with Gasteiger partial charge in [0.15, 0.2) is 0 Å². The van der Waals surface area contributed by atoms with Gasteiger partial charge in [-0.15, -0.1) is 0 Å². The third-order valence-electron chi connectivity index (χ3n) is 4.56. The maximum absolute atomic E-state index is 12.5. The maximum atomic E-state index is 12.5. The minimum atomic E-state index is -0.527. The predicted molar refractivity (Wildman–Crippen MR) is 97.0 cm³/mol. The van der Waals surface area contributed by atoms with Crippen LogP contribution in [0.1, 0.15) is 44.2 Å². The van der Waals surface area contributed by atoms with Gasteiger partial charge in [-0.1, -0.05) is 24.3 Å². The van der Waals surface area contributed by atoms with Crippen molar-refractivity contribution in [1.82, 2.24) is 15.5 Å². The SMILES string of the molecule is COCc1cccc(CNC(=O)NC(C)C(=O)N2CCCCC2C)c1. The Morgan fingerprint density at radius 2 is 2.08 bits per heavy atom. The predicted octanol–water partition coefficient (Wildman–Crippen LogP) is 2.42. The molecule has 3 amide bonds. The number of nitrogens with zero attached hydrogens (tertiary/aromatic N) is 1. The molecule has 0 bridgehead atoms. The first-order valence-corrected chi connectivity index (χ1v) is 8.93. The van der Waals surface area contributed by atoms with E-state index < -0.39 is 6.04 Å². The van der Waals surface area contributed by atoms with E-state index in [0.717, 1.165) is 36.9 Å². The summed E-state index contributed by atoms with van der Waals surface area (Å²) in [6.07, 6.45) is 3.23. The van der Waals surface area contributed by atoms with Crippen molar-refractivity contribution in [1.29, 1.82) is 0 Å². The van der Waals surface area contributed by atoms with E-state index in [-0.39, 0.29) is 18.0 Å². The zero-order valence-electron chi connectivity index (χ0n) is 15.4. The molecule has 25 heavy (non-hydrogen) atoms. The lowest BCUT2D eigenvalue weighted by molar-refractivity contribution is -0.136. The minimum absolute atomic E-state index is 0.00978. The summed E-state index contributed by atoms with van der Waals surface area (Å²) in [5, 5.41) is 5.55. The molecular formula is C19H29N3O3. The standard InChI is InChI=1S/C19H29N3O3/c1-14-7-4-5-10-22(14)18(23)15(2)21-19(24)20-12-16-8-6-9-17(11-16)13-25-3/h6,8-9,11,14-15H,4-5,7,10,12-13H2,1-3H3,(H2,20,21,24). The van der Waals surface area contributed by atoms with Crippen LogP contribution in [0.2, 0.25) is 0 Å². The summed E-state index contributed by atoms with van der Waals surface area (Å²) >= 11 is 0. The monoisotopic (exact) mass is 347 g/mol. The van der Waals surface area contributed by atoms with Crippen LogP contribution in [-0.4, -0.2) is 42.6 Å². The third-order valence-corrected chi connectivity index (χ3v) is 4.56. The van der Waals surface area contributed by atoms with Gasteiger partial charge in [-0.25, -0.2) is 4.79 Å². The Kier molecular flexibility index (Phi) is 7.25. The molecule has 6 heteroatoms. The van der Waals surface area contributed by atoms with Crippen LogP contribution in [0.5, 0.6) is 0 Å². The van der Waals surface area contributed by atoms with Crippen LogP contribution in [-0.2, 0) is 22.7 Å². The highest BCUT2D eigenvalue weighted by molar-refractivity contribution is 5.87. The number of piperidine rings is 1. The van der Waals surface area contributed by atoms with Gasteiger partial charge in [0.25, 0.3) is 0 Å². The Bertz CT molecular complexity index is 591. The molecule has 1 heterocycles. The average molecular weight is 347 g/mol. The van der Waals surface area contributed by atoms with Gasteiger partial charge >= 0.3 is 6.03 Å². The van der Waals surface area contributed by atoms with Crippen molar-refractivity contribution >= 4 is 11.9 Å². The number of amides is 3. The second-order valence-electron chi connectivity index (χ2n) is 6.68. The number of likely N-dealkylation sites (tertiary alicyclic amines) is 1. The molecule has 2 N–H and O–H groups in total. The summed E-state index contributed by atoms with van der Waals surface area (Å²) in [5.74, 6) is -0.00978. The molecule has 1 saturated heterocycles. The first-order chi connectivity index (χ1) is 12.0. The summed E-state index contributed by atoms with van der Waals surface area (Å²) in [6, 6.07) is 7.25. The number of methoxy groups -OCH3 is 1. The molecule has 1 aliphatic rings. The molecule has 0 radical (unpaired) electrons. The van der Waals surface area contributed by atoms with Gasteiger partial charge in [0.05, 0.1) is 6.61 Å². The molecule has 1 aromatic carbocycles. The molecule has 138 valence electrons. The van der Waals surface area contributed by atoms with Crippen molar-refractivity contribution in [2.24, 2.45) is 0 Å². The molecule has 6 nitrogen and oxygen atoms in total. The Morgan fingerprint density at radius 3 is 2.80 bits per heavy atom. The Hall–Kier alpha value is -2.08. The number of hydrogen-bond donors (Lipinski definition) is 2. The number of hydrogen-bond acceptors (Lipinski definition) is 3. The molecule has 1 aromatic rings. The minimum Gasteiger partial charge on any atom is -0.380 e. The molecule has 0 aliphatic carbocycles. The molecular weight excluding hydrogens is 318 g/mol. The fourth-order valence-corrected chi connectivity index (χ4v) is 3.16. The van der Waals surface area contributed by atoms with Crippen LogP contribution in [0.3, 0.4) is 0 Å². The number of benzene rings is 1. The number of nitrogens with one attached hydrogen (secondary N) is 2.